The van der Waals surface area contributed by atoms with Crippen molar-refractivity contribution in [3.63, 3.8) is 0 Å². The number of nitrogens with zero attached hydrogens (tertiary/aromatic N) is 2. The van der Waals surface area contributed by atoms with Crippen molar-refractivity contribution >= 4 is 34.4 Å². The van der Waals surface area contributed by atoms with Crippen LogP contribution < -0.4 is 4.74 Å². The van der Waals surface area contributed by atoms with Crippen molar-refractivity contribution in [2.45, 2.75) is 13.2 Å². The number of methoxy groups -OCH3 is 1. The average Bonchev–Trinajstić information content (AvgIpc) is 3.00. The fraction of sp³-hybridized carbons (Fsp3) is 0.176. The first kappa shape index (κ1) is 15.8. The molecule has 0 aromatic heterocycles. The average molecular weight is 422 g/mol. The summed E-state index contributed by atoms with van der Waals surface area (Å²) in [5, 5.41) is 5.70. The third-order valence-electron chi connectivity index (χ3n) is 3.44. The molecule has 1 aliphatic heterocycles. The third kappa shape index (κ3) is 3.17. The number of carbonyl (C=O) groups excluding carboxylic acids is 1. The van der Waals surface area contributed by atoms with Gasteiger partial charge in [0.05, 0.1) is 12.7 Å². The van der Waals surface area contributed by atoms with Crippen LogP contribution in [-0.2, 0) is 9.53 Å². The van der Waals surface area contributed by atoms with Crippen molar-refractivity contribution in [2.24, 2.45) is 5.10 Å². The van der Waals surface area contributed by atoms with Crippen LogP contribution in [0.25, 0.3) is 0 Å². The summed E-state index contributed by atoms with van der Waals surface area (Å²) >= 11 is 2.23. The van der Waals surface area contributed by atoms with Crippen LogP contribution in [0.4, 0.5) is 0 Å². The number of hydrazone groups is 1. The Morgan fingerprint density at radius 2 is 2.04 bits per heavy atom. The summed E-state index contributed by atoms with van der Waals surface area (Å²) in [6.45, 7) is 1.47. The third-order valence-corrected chi connectivity index (χ3v) is 4.11. The second-order valence-electron chi connectivity index (χ2n) is 4.99. The Morgan fingerprint density at radius 3 is 2.74 bits per heavy atom. The van der Waals surface area contributed by atoms with Crippen molar-refractivity contribution in [3.8, 4) is 5.75 Å². The van der Waals surface area contributed by atoms with Gasteiger partial charge in [-0.25, -0.2) is 0 Å². The number of rotatable bonds is 3. The second kappa shape index (κ2) is 6.57. The quantitative estimate of drug-likeness (QED) is 0.712. The monoisotopic (exact) mass is 422 g/mol. The molecule has 1 amide bonds. The summed E-state index contributed by atoms with van der Waals surface area (Å²) in [7, 11) is 1.59. The molecule has 0 saturated carbocycles. The van der Waals surface area contributed by atoms with Crippen molar-refractivity contribution in [3.05, 3.63) is 63.2 Å². The van der Waals surface area contributed by atoms with E-state index in [9.17, 15) is 4.79 Å². The van der Waals surface area contributed by atoms with Gasteiger partial charge in [-0.3, -0.25) is 4.79 Å². The SMILES string of the molecule is COc1ccccc1C1=NN(C(C)=O)[C@H](c2cccc(I)c2)O1. The minimum atomic E-state index is -0.567. The van der Waals surface area contributed by atoms with Gasteiger partial charge in [0, 0.05) is 16.1 Å². The molecule has 0 radical (unpaired) electrons. The molecule has 5 nitrogen and oxygen atoms in total. The maximum Gasteiger partial charge on any atom is 0.244 e. The van der Waals surface area contributed by atoms with E-state index in [-0.39, 0.29) is 5.91 Å². The molecular weight excluding hydrogens is 407 g/mol. The number of ether oxygens (including phenoxy) is 2. The number of hydrogen-bond donors (Lipinski definition) is 0. The Balaban J connectivity index is 1.99. The highest BCUT2D eigenvalue weighted by Crippen LogP contribution is 2.33. The van der Waals surface area contributed by atoms with Crippen LogP contribution >= 0.6 is 22.6 Å². The molecule has 2 aromatic carbocycles. The summed E-state index contributed by atoms with van der Waals surface area (Å²) < 4.78 is 12.4. The number of para-hydroxylation sites is 1. The fourth-order valence-corrected chi connectivity index (χ4v) is 2.94. The molecule has 0 saturated heterocycles. The van der Waals surface area contributed by atoms with Crippen LogP contribution in [0.15, 0.2) is 53.6 Å². The van der Waals surface area contributed by atoms with Gasteiger partial charge in [0.1, 0.15) is 5.75 Å². The standard InChI is InChI=1S/C17H15IN2O3/c1-11(21)20-17(12-6-5-7-13(18)10-12)23-16(19-20)14-8-3-4-9-15(14)22-2/h3-10,17H,1-2H3/t17-/m0/s1. The lowest BCUT2D eigenvalue weighted by Gasteiger charge is -2.19. The van der Waals surface area contributed by atoms with Crippen LogP contribution in [0.2, 0.25) is 0 Å². The van der Waals surface area contributed by atoms with Gasteiger partial charge in [0.15, 0.2) is 0 Å². The number of hydrogen-bond acceptors (Lipinski definition) is 4. The topological polar surface area (TPSA) is 51.1 Å². The van der Waals surface area contributed by atoms with Gasteiger partial charge in [0.25, 0.3) is 0 Å². The van der Waals surface area contributed by atoms with Crippen LogP contribution in [0.3, 0.4) is 0 Å². The predicted octanol–water partition coefficient (Wildman–Crippen LogP) is 3.54. The lowest BCUT2D eigenvalue weighted by Crippen LogP contribution is -2.25. The molecule has 2 aromatic rings. The van der Waals surface area contributed by atoms with E-state index < -0.39 is 6.23 Å². The molecule has 0 N–H and O–H groups in total. The maximum absolute atomic E-state index is 12.0. The zero-order valence-electron chi connectivity index (χ0n) is 12.7. The van der Waals surface area contributed by atoms with Gasteiger partial charge in [-0.15, -0.1) is 5.10 Å². The van der Waals surface area contributed by atoms with E-state index in [0.29, 0.717) is 11.6 Å². The molecule has 0 unspecified atom stereocenters. The number of halogens is 1. The van der Waals surface area contributed by atoms with E-state index in [2.05, 4.69) is 27.7 Å². The lowest BCUT2D eigenvalue weighted by atomic mass is 10.2. The highest BCUT2D eigenvalue weighted by atomic mass is 127. The van der Waals surface area contributed by atoms with Gasteiger partial charge in [-0.05, 0) is 46.9 Å². The molecule has 1 heterocycles. The van der Waals surface area contributed by atoms with E-state index in [1.165, 1.54) is 11.9 Å². The van der Waals surface area contributed by atoms with Gasteiger partial charge in [-0.1, -0.05) is 24.3 Å². The number of benzene rings is 2. The van der Waals surface area contributed by atoms with E-state index in [1.54, 1.807) is 7.11 Å². The summed E-state index contributed by atoms with van der Waals surface area (Å²) in [6, 6.07) is 15.2. The molecular formula is C17H15IN2O3. The molecule has 0 spiro atoms. The first-order chi connectivity index (χ1) is 11.1. The fourth-order valence-electron chi connectivity index (χ4n) is 2.37. The zero-order valence-corrected chi connectivity index (χ0v) is 14.9. The van der Waals surface area contributed by atoms with Crippen LogP contribution in [0, 0.1) is 3.57 Å². The van der Waals surface area contributed by atoms with E-state index >= 15 is 0 Å². The molecule has 1 atom stereocenters. The largest absolute Gasteiger partial charge is 0.496 e. The summed E-state index contributed by atoms with van der Waals surface area (Å²) in [5.41, 5.74) is 1.59. The molecule has 0 bridgehead atoms. The van der Waals surface area contributed by atoms with Crippen LogP contribution in [0.1, 0.15) is 24.3 Å². The summed E-state index contributed by atoms with van der Waals surface area (Å²) in [5.74, 6) is 0.846. The Labute approximate surface area is 148 Å². The summed E-state index contributed by atoms with van der Waals surface area (Å²) in [4.78, 5) is 12.0. The first-order valence-corrected chi connectivity index (χ1v) is 8.12. The predicted molar refractivity (Wildman–Crippen MR) is 95.0 cm³/mol. The van der Waals surface area contributed by atoms with Crippen molar-refractivity contribution in [1.82, 2.24) is 5.01 Å². The zero-order chi connectivity index (χ0) is 16.4. The number of amides is 1. The minimum absolute atomic E-state index is 0.182. The first-order valence-electron chi connectivity index (χ1n) is 7.04. The maximum atomic E-state index is 12.0. The smallest absolute Gasteiger partial charge is 0.244 e. The van der Waals surface area contributed by atoms with Gasteiger partial charge >= 0.3 is 0 Å². The van der Waals surface area contributed by atoms with Gasteiger partial charge < -0.3 is 9.47 Å². The van der Waals surface area contributed by atoms with Gasteiger partial charge in [0.2, 0.25) is 18.0 Å². The molecule has 0 aliphatic carbocycles. The normalized spacial score (nSPS) is 16.7. The molecule has 1 aliphatic rings. The highest BCUT2D eigenvalue weighted by Gasteiger charge is 2.34. The lowest BCUT2D eigenvalue weighted by molar-refractivity contribution is -0.135. The molecule has 118 valence electrons. The molecule has 6 heteroatoms. The van der Waals surface area contributed by atoms with Crippen molar-refractivity contribution < 1.29 is 14.3 Å². The summed E-state index contributed by atoms with van der Waals surface area (Å²) in [6.07, 6.45) is -0.567. The van der Waals surface area contributed by atoms with E-state index in [4.69, 9.17) is 9.47 Å². The van der Waals surface area contributed by atoms with Crippen LogP contribution in [-0.4, -0.2) is 23.9 Å². The Hall–Kier alpha value is -2.09. The minimum Gasteiger partial charge on any atom is -0.496 e. The number of carbonyl (C=O) groups is 1. The van der Waals surface area contributed by atoms with Gasteiger partial charge in [-0.2, -0.15) is 5.01 Å². The Morgan fingerprint density at radius 1 is 1.26 bits per heavy atom. The molecule has 3 rings (SSSR count). The van der Waals surface area contributed by atoms with Crippen LogP contribution in [0.5, 0.6) is 5.75 Å². The Bertz CT molecular complexity index is 776. The van der Waals surface area contributed by atoms with E-state index in [0.717, 1.165) is 14.7 Å². The molecule has 23 heavy (non-hydrogen) atoms. The second-order valence-corrected chi connectivity index (χ2v) is 6.24. The van der Waals surface area contributed by atoms with E-state index in [1.807, 2.05) is 48.5 Å². The Kier molecular flexibility index (Phi) is 4.51. The highest BCUT2D eigenvalue weighted by molar-refractivity contribution is 14.1. The van der Waals surface area contributed by atoms with Crippen molar-refractivity contribution in [1.29, 1.82) is 0 Å². The van der Waals surface area contributed by atoms with Crippen molar-refractivity contribution in [2.75, 3.05) is 7.11 Å². The molecule has 0 fully saturated rings.